The van der Waals surface area contributed by atoms with Crippen LogP contribution in [0.25, 0.3) is 5.76 Å². The van der Waals surface area contributed by atoms with E-state index in [-0.39, 0.29) is 23.6 Å². The Balaban J connectivity index is 1.70. The van der Waals surface area contributed by atoms with Gasteiger partial charge in [-0.15, -0.1) is 0 Å². The van der Waals surface area contributed by atoms with Crippen LogP contribution in [0.4, 0.5) is 5.69 Å². The summed E-state index contributed by atoms with van der Waals surface area (Å²) in [4.78, 5) is 41.2. The van der Waals surface area contributed by atoms with Crippen molar-refractivity contribution < 1.29 is 29.1 Å². The number of nitrogens with zero attached hydrogens (tertiary/aromatic N) is 3. The molecule has 208 valence electrons. The molecular formula is C29H35N3O7. The zero-order valence-corrected chi connectivity index (χ0v) is 22.6. The second-order valence-corrected chi connectivity index (χ2v) is 10.3. The number of morpholine rings is 1. The van der Waals surface area contributed by atoms with Crippen LogP contribution in [-0.2, 0) is 14.3 Å². The number of nitro groups is 1. The largest absolute Gasteiger partial charge is 0.507 e. The van der Waals surface area contributed by atoms with Crippen molar-refractivity contribution in [2.75, 3.05) is 46.0 Å². The number of ketones is 1. The molecule has 0 radical (unpaired) electrons. The van der Waals surface area contributed by atoms with Crippen molar-refractivity contribution in [1.29, 1.82) is 0 Å². The van der Waals surface area contributed by atoms with Crippen molar-refractivity contribution in [2.45, 2.75) is 33.2 Å². The fraction of sp³-hybridized carbons (Fsp3) is 0.448. The van der Waals surface area contributed by atoms with Gasteiger partial charge in [0.25, 0.3) is 17.4 Å². The van der Waals surface area contributed by atoms with E-state index in [0.29, 0.717) is 55.6 Å². The number of hydrogen-bond donors (Lipinski definition) is 1. The van der Waals surface area contributed by atoms with Gasteiger partial charge in [-0.2, -0.15) is 0 Å². The Hall–Kier alpha value is -3.76. The second kappa shape index (κ2) is 12.4. The zero-order valence-electron chi connectivity index (χ0n) is 22.6. The maximum atomic E-state index is 13.3. The lowest BCUT2D eigenvalue weighted by Crippen LogP contribution is -2.39. The Labute approximate surface area is 228 Å². The highest BCUT2D eigenvalue weighted by Gasteiger charge is 2.46. The number of benzene rings is 2. The molecule has 2 fully saturated rings. The topological polar surface area (TPSA) is 122 Å². The van der Waals surface area contributed by atoms with Crippen molar-refractivity contribution in [3.05, 3.63) is 74.8 Å². The zero-order chi connectivity index (χ0) is 28.1. The minimum absolute atomic E-state index is 0.0814. The molecule has 2 aliphatic rings. The molecule has 4 rings (SSSR count). The first-order chi connectivity index (χ1) is 18.7. The molecule has 10 nitrogen and oxygen atoms in total. The SMILES string of the molecule is Cc1cc(C(O)=C2C(=O)C(=O)N(CCCN3CCOCC3)[C@H]2c2cccc([N+](=O)[O-])c2)ccc1OCC(C)C. The van der Waals surface area contributed by atoms with Gasteiger partial charge in [0.05, 0.1) is 36.4 Å². The average molecular weight is 538 g/mol. The predicted molar refractivity (Wildman–Crippen MR) is 145 cm³/mol. The number of hydrogen-bond acceptors (Lipinski definition) is 8. The Morgan fingerprint density at radius 3 is 2.56 bits per heavy atom. The lowest BCUT2D eigenvalue weighted by atomic mass is 9.94. The van der Waals surface area contributed by atoms with Gasteiger partial charge >= 0.3 is 0 Å². The third kappa shape index (κ3) is 6.46. The number of amides is 1. The number of nitro benzene ring substituents is 1. The molecule has 10 heteroatoms. The minimum atomic E-state index is -0.952. The van der Waals surface area contributed by atoms with E-state index in [0.717, 1.165) is 18.7 Å². The molecule has 0 spiro atoms. The van der Waals surface area contributed by atoms with Crippen LogP contribution < -0.4 is 4.74 Å². The summed E-state index contributed by atoms with van der Waals surface area (Å²) in [6, 6.07) is 10.0. The summed E-state index contributed by atoms with van der Waals surface area (Å²) >= 11 is 0. The molecule has 0 bridgehead atoms. The third-order valence-electron chi connectivity index (χ3n) is 6.93. The van der Waals surface area contributed by atoms with Gasteiger partial charge in [0.2, 0.25) is 0 Å². The van der Waals surface area contributed by atoms with Gasteiger partial charge in [-0.1, -0.05) is 26.0 Å². The normalized spacial score (nSPS) is 19.6. The van der Waals surface area contributed by atoms with Crippen molar-refractivity contribution >= 4 is 23.1 Å². The number of Topliss-reactive ketones (excluding diaryl/α,β-unsaturated/α-hetero) is 1. The monoisotopic (exact) mass is 537 g/mol. The van der Waals surface area contributed by atoms with Crippen LogP contribution >= 0.6 is 0 Å². The number of non-ortho nitro benzene ring substituents is 1. The minimum Gasteiger partial charge on any atom is -0.507 e. The summed E-state index contributed by atoms with van der Waals surface area (Å²) < 4.78 is 11.2. The fourth-order valence-corrected chi connectivity index (χ4v) is 4.93. The van der Waals surface area contributed by atoms with Crippen LogP contribution in [0.15, 0.2) is 48.0 Å². The Morgan fingerprint density at radius 2 is 1.90 bits per heavy atom. The van der Waals surface area contributed by atoms with Gasteiger partial charge in [0, 0.05) is 43.9 Å². The third-order valence-corrected chi connectivity index (χ3v) is 6.93. The molecule has 39 heavy (non-hydrogen) atoms. The molecule has 2 heterocycles. The lowest BCUT2D eigenvalue weighted by Gasteiger charge is -2.29. The first-order valence-electron chi connectivity index (χ1n) is 13.2. The van der Waals surface area contributed by atoms with E-state index >= 15 is 0 Å². The number of aliphatic hydroxyl groups is 1. The van der Waals surface area contributed by atoms with Gasteiger partial charge < -0.3 is 19.5 Å². The first-order valence-corrected chi connectivity index (χ1v) is 13.2. The van der Waals surface area contributed by atoms with Crippen LogP contribution in [0.5, 0.6) is 5.75 Å². The first kappa shape index (κ1) is 28.3. The Kier molecular flexibility index (Phi) is 8.98. The molecule has 2 aliphatic heterocycles. The molecular weight excluding hydrogens is 502 g/mol. The van der Waals surface area contributed by atoms with Crippen LogP contribution in [0.2, 0.25) is 0 Å². The van der Waals surface area contributed by atoms with Crippen molar-refractivity contribution in [3.63, 3.8) is 0 Å². The Morgan fingerprint density at radius 1 is 1.15 bits per heavy atom. The number of ether oxygens (including phenoxy) is 2. The maximum absolute atomic E-state index is 13.3. The van der Waals surface area contributed by atoms with Crippen LogP contribution in [0.3, 0.4) is 0 Å². The van der Waals surface area contributed by atoms with Gasteiger partial charge in [0.15, 0.2) is 0 Å². The van der Waals surface area contributed by atoms with Crippen molar-refractivity contribution in [1.82, 2.24) is 9.80 Å². The van der Waals surface area contributed by atoms with E-state index in [9.17, 15) is 24.8 Å². The molecule has 0 saturated carbocycles. The number of rotatable bonds is 10. The van der Waals surface area contributed by atoms with E-state index in [1.165, 1.54) is 23.1 Å². The van der Waals surface area contributed by atoms with Crippen molar-refractivity contribution in [3.8, 4) is 5.75 Å². The molecule has 1 N–H and O–H groups in total. The smallest absolute Gasteiger partial charge is 0.295 e. The maximum Gasteiger partial charge on any atom is 0.295 e. The summed E-state index contributed by atoms with van der Waals surface area (Å²) in [6.07, 6.45) is 0.597. The molecule has 1 atom stereocenters. The van der Waals surface area contributed by atoms with E-state index in [4.69, 9.17) is 9.47 Å². The standard InChI is InChI=1S/C29H35N3O7/c1-19(2)18-39-24-9-8-22(16-20(24)3)27(33)25-26(21-6-4-7-23(17-21)32(36)37)31(29(35)28(25)34)11-5-10-30-12-14-38-15-13-30/h4,6-9,16-17,19,26,33H,5,10-15,18H2,1-3H3/t26-/m0/s1. The molecule has 1 amide bonds. The molecule has 2 aromatic carbocycles. The van der Waals surface area contributed by atoms with Gasteiger partial charge in [-0.25, -0.2) is 0 Å². The molecule has 2 saturated heterocycles. The average Bonchev–Trinajstić information content (AvgIpc) is 3.17. The fourth-order valence-electron chi connectivity index (χ4n) is 4.93. The Bertz CT molecular complexity index is 1270. The van der Waals surface area contributed by atoms with Crippen LogP contribution in [0, 0.1) is 23.0 Å². The molecule has 0 aliphatic carbocycles. The highest BCUT2D eigenvalue weighted by Crippen LogP contribution is 2.40. The van der Waals surface area contributed by atoms with Crippen LogP contribution in [0.1, 0.15) is 43.0 Å². The summed E-state index contributed by atoms with van der Waals surface area (Å²) in [7, 11) is 0. The number of aliphatic hydroxyl groups excluding tert-OH is 1. The van der Waals surface area contributed by atoms with E-state index in [2.05, 4.69) is 4.90 Å². The quantitative estimate of drug-likeness (QED) is 0.158. The van der Waals surface area contributed by atoms with Gasteiger partial charge in [0.1, 0.15) is 11.5 Å². The summed E-state index contributed by atoms with van der Waals surface area (Å²) in [6.45, 7) is 10.3. The van der Waals surface area contributed by atoms with E-state index < -0.39 is 22.7 Å². The highest BCUT2D eigenvalue weighted by molar-refractivity contribution is 6.46. The number of carbonyl (C=O) groups excluding carboxylic acids is 2. The predicted octanol–water partition coefficient (Wildman–Crippen LogP) is 4.08. The highest BCUT2D eigenvalue weighted by atomic mass is 16.6. The van der Waals surface area contributed by atoms with Crippen LogP contribution in [-0.4, -0.2) is 77.5 Å². The molecule has 0 unspecified atom stereocenters. The number of likely N-dealkylation sites (tertiary alicyclic amines) is 1. The molecule has 2 aromatic rings. The van der Waals surface area contributed by atoms with E-state index in [1.54, 1.807) is 24.3 Å². The summed E-state index contributed by atoms with van der Waals surface area (Å²) in [5.41, 5.74) is 1.29. The van der Waals surface area contributed by atoms with Crippen molar-refractivity contribution in [2.24, 2.45) is 5.92 Å². The lowest BCUT2D eigenvalue weighted by molar-refractivity contribution is -0.384. The second-order valence-electron chi connectivity index (χ2n) is 10.3. The molecule has 0 aromatic heterocycles. The summed E-state index contributed by atoms with van der Waals surface area (Å²) in [5.74, 6) is -0.860. The van der Waals surface area contributed by atoms with Gasteiger partial charge in [-0.05, 0) is 48.6 Å². The summed E-state index contributed by atoms with van der Waals surface area (Å²) in [5, 5.41) is 22.9. The van der Waals surface area contributed by atoms with Gasteiger partial charge in [-0.3, -0.25) is 24.6 Å². The van der Waals surface area contributed by atoms with E-state index in [1.807, 2.05) is 20.8 Å². The number of aryl methyl sites for hydroxylation is 1. The number of carbonyl (C=O) groups is 2.